The molecule has 4 rings (SSSR count). The zero-order valence-corrected chi connectivity index (χ0v) is 21.6. The molecule has 0 fully saturated rings. The van der Waals surface area contributed by atoms with Crippen LogP contribution in [0.2, 0.25) is 0 Å². The molecule has 1 heterocycles. The molecule has 0 aliphatic heterocycles. The third-order valence-electron chi connectivity index (χ3n) is 5.74. The summed E-state index contributed by atoms with van der Waals surface area (Å²) < 4.78 is 10.9. The number of anilines is 1. The van der Waals surface area contributed by atoms with Gasteiger partial charge in [0.25, 0.3) is 0 Å². The normalized spacial score (nSPS) is 11.0. The Balaban J connectivity index is 0.00000228. The SMILES string of the molecule is COc1cncc(OC)c1-c1ccc(NC(=O)[C@@H](N)C(c2ccccc2)c2ccccc2)cc1.Cl.Cl. The van der Waals surface area contributed by atoms with Crippen molar-refractivity contribution in [3.63, 3.8) is 0 Å². The largest absolute Gasteiger partial charge is 0.494 e. The van der Waals surface area contributed by atoms with Gasteiger partial charge in [0.2, 0.25) is 5.91 Å². The Morgan fingerprint density at radius 1 is 0.778 bits per heavy atom. The van der Waals surface area contributed by atoms with Crippen molar-refractivity contribution in [3.8, 4) is 22.6 Å². The van der Waals surface area contributed by atoms with Crippen molar-refractivity contribution in [1.82, 2.24) is 4.98 Å². The molecule has 0 saturated carbocycles. The molecule has 6 nitrogen and oxygen atoms in total. The van der Waals surface area contributed by atoms with E-state index >= 15 is 0 Å². The van der Waals surface area contributed by atoms with E-state index in [1.54, 1.807) is 26.6 Å². The maximum Gasteiger partial charge on any atom is 0.242 e. The van der Waals surface area contributed by atoms with E-state index < -0.39 is 6.04 Å². The molecule has 8 heteroatoms. The van der Waals surface area contributed by atoms with Crippen molar-refractivity contribution in [1.29, 1.82) is 0 Å². The molecule has 1 atom stereocenters. The predicted octanol–water partition coefficient (Wildman–Crippen LogP) is 5.71. The average molecular weight is 526 g/mol. The fourth-order valence-corrected chi connectivity index (χ4v) is 4.04. The molecule has 0 aliphatic carbocycles. The number of benzene rings is 3. The van der Waals surface area contributed by atoms with Crippen LogP contribution in [0.5, 0.6) is 11.5 Å². The number of carbonyl (C=O) groups is 1. The number of nitrogens with zero attached hydrogens (tertiary/aromatic N) is 1. The lowest BCUT2D eigenvalue weighted by atomic mass is 9.85. The molecule has 1 amide bonds. The van der Waals surface area contributed by atoms with Crippen molar-refractivity contribution >= 4 is 36.4 Å². The van der Waals surface area contributed by atoms with Gasteiger partial charge in [-0.3, -0.25) is 9.78 Å². The summed E-state index contributed by atoms with van der Waals surface area (Å²) in [6, 6.07) is 26.4. The van der Waals surface area contributed by atoms with Gasteiger partial charge in [-0.2, -0.15) is 0 Å². The zero-order chi connectivity index (χ0) is 23.9. The lowest BCUT2D eigenvalue weighted by Gasteiger charge is -2.24. The highest BCUT2D eigenvalue weighted by molar-refractivity contribution is 5.96. The number of methoxy groups -OCH3 is 2. The monoisotopic (exact) mass is 525 g/mol. The van der Waals surface area contributed by atoms with Crippen molar-refractivity contribution in [2.45, 2.75) is 12.0 Å². The second-order valence-electron chi connectivity index (χ2n) is 7.81. The van der Waals surface area contributed by atoms with E-state index in [0.717, 1.165) is 22.3 Å². The molecule has 1 aromatic heterocycles. The first-order chi connectivity index (χ1) is 16.6. The van der Waals surface area contributed by atoms with E-state index in [1.165, 1.54) is 0 Å². The summed E-state index contributed by atoms with van der Waals surface area (Å²) in [6.07, 6.45) is 3.28. The van der Waals surface area contributed by atoms with E-state index in [-0.39, 0.29) is 36.6 Å². The number of hydrogen-bond acceptors (Lipinski definition) is 5. The smallest absolute Gasteiger partial charge is 0.242 e. The van der Waals surface area contributed by atoms with Crippen molar-refractivity contribution in [3.05, 3.63) is 108 Å². The maximum absolute atomic E-state index is 13.2. The standard InChI is InChI=1S/C28H27N3O3.2ClH/c1-33-23-17-30-18-24(34-2)26(23)21-13-15-22(16-14-21)31-28(32)27(29)25(19-9-5-3-6-10-19)20-11-7-4-8-12-20;;/h3-18,25,27H,29H2,1-2H3,(H,31,32);2*1H/t27-;;/m0../s1. The number of amides is 1. The van der Waals surface area contributed by atoms with Crippen LogP contribution in [0.1, 0.15) is 17.0 Å². The number of halogens is 2. The third-order valence-corrected chi connectivity index (χ3v) is 5.74. The van der Waals surface area contributed by atoms with Crippen LogP contribution in [0.3, 0.4) is 0 Å². The number of nitrogens with two attached hydrogens (primary N) is 1. The van der Waals surface area contributed by atoms with Crippen molar-refractivity contribution in [2.75, 3.05) is 19.5 Å². The molecular formula is C28H29Cl2N3O3. The summed E-state index contributed by atoms with van der Waals surface area (Å²) in [7, 11) is 3.18. The summed E-state index contributed by atoms with van der Waals surface area (Å²) in [6.45, 7) is 0. The Morgan fingerprint density at radius 3 is 1.69 bits per heavy atom. The Hall–Kier alpha value is -3.58. The number of pyridine rings is 1. The van der Waals surface area contributed by atoms with Crippen LogP contribution in [0.15, 0.2) is 97.3 Å². The minimum Gasteiger partial charge on any atom is -0.494 e. The summed E-state index contributed by atoms with van der Waals surface area (Å²) in [5, 5.41) is 2.96. The van der Waals surface area contributed by atoms with Crippen LogP contribution in [0.25, 0.3) is 11.1 Å². The Bertz CT molecular complexity index is 1180. The van der Waals surface area contributed by atoms with Crippen LogP contribution in [-0.4, -0.2) is 31.2 Å². The van der Waals surface area contributed by atoms with Crippen LogP contribution in [0, 0.1) is 0 Å². The quantitative estimate of drug-likeness (QED) is 0.307. The van der Waals surface area contributed by atoms with Crippen LogP contribution < -0.4 is 20.5 Å². The number of nitrogens with one attached hydrogen (secondary N) is 1. The second kappa shape index (κ2) is 13.5. The minimum absolute atomic E-state index is 0. The highest BCUT2D eigenvalue weighted by atomic mass is 35.5. The van der Waals surface area contributed by atoms with Gasteiger partial charge >= 0.3 is 0 Å². The molecule has 0 spiro atoms. The fourth-order valence-electron chi connectivity index (χ4n) is 4.04. The molecule has 188 valence electrons. The minimum atomic E-state index is -0.773. The zero-order valence-electron chi connectivity index (χ0n) is 20.0. The molecular weight excluding hydrogens is 497 g/mol. The van der Waals surface area contributed by atoms with Gasteiger partial charge < -0.3 is 20.5 Å². The van der Waals surface area contributed by atoms with E-state index in [0.29, 0.717) is 17.2 Å². The highest BCUT2D eigenvalue weighted by Crippen LogP contribution is 2.37. The average Bonchev–Trinajstić information content (AvgIpc) is 2.90. The molecule has 36 heavy (non-hydrogen) atoms. The first-order valence-corrected chi connectivity index (χ1v) is 10.9. The first-order valence-electron chi connectivity index (χ1n) is 10.9. The molecule has 0 aliphatic rings. The Kier molecular flexibility index (Phi) is 10.7. The molecule has 3 aromatic carbocycles. The van der Waals surface area contributed by atoms with E-state index in [2.05, 4.69) is 10.3 Å². The van der Waals surface area contributed by atoms with Crippen LogP contribution in [0.4, 0.5) is 5.69 Å². The van der Waals surface area contributed by atoms with Gasteiger partial charge in [-0.1, -0.05) is 72.8 Å². The van der Waals surface area contributed by atoms with E-state index in [1.807, 2.05) is 84.9 Å². The van der Waals surface area contributed by atoms with Gasteiger partial charge in [0.1, 0.15) is 11.5 Å². The topological polar surface area (TPSA) is 86.5 Å². The highest BCUT2D eigenvalue weighted by Gasteiger charge is 2.27. The van der Waals surface area contributed by atoms with Crippen LogP contribution >= 0.6 is 24.8 Å². The molecule has 0 bridgehead atoms. The molecule has 4 aromatic rings. The van der Waals surface area contributed by atoms with Gasteiger partial charge in [0.15, 0.2) is 0 Å². The summed E-state index contributed by atoms with van der Waals surface area (Å²) in [5.41, 5.74) is 10.8. The molecule has 0 saturated heterocycles. The van der Waals surface area contributed by atoms with Gasteiger partial charge in [0.05, 0.1) is 38.2 Å². The second-order valence-corrected chi connectivity index (χ2v) is 7.81. The van der Waals surface area contributed by atoms with Gasteiger partial charge in [0, 0.05) is 11.6 Å². The Labute approximate surface area is 223 Å². The summed E-state index contributed by atoms with van der Waals surface area (Å²) in [4.78, 5) is 17.3. The molecule has 3 N–H and O–H groups in total. The van der Waals surface area contributed by atoms with E-state index in [4.69, 9.17) is 15.2 Å². The predicted molar refractivity (Wildman–Crippen MR) is 149 cm³/mol. The molecule has 0 radical (unpaired) electrons. The lowest BCUT2D eigenvalue weighted by Crippen LogP contribution is -2.41. The number of aromatic nitrogens is 1. The number of ether oxygens (including phenoxy) is 2. The maximum atomic E-state index is 13.2. The van der Waals surface area contributed by atoms with Gasteiger partial charge in [-0.15, -0.1) is 24.8 Å². The van der Waals surface area contributed by atoms with Crippen LogP contribution in [-0.2, 0) is 4.79 Å². The van der Waals surface area contributed by atoms with Crippen molar-refractivity contribution in [2.24, 2.45) is 5.73 Å². The first kappa shape index (κ1) is 28.7. The summed E-state index contributed by atoms with van der Waals surface area (Å²) >= 11 is 0. The Morgan fingerprint density at radius 2 is 1.25 bits per heavy atom. The lowest BCUT2D eigenvalue weighted by molar-refractivity contribution is -0.117. The number of hydrogen-bond donors (Lipinski definition) is 2. The van der Waals surface area contributed by atoms with Gasteiger partial charge in [-0.25, -0.2) is 0 Å². The fraction of sp³-hybridized carbons (Fsp3) is 0.143. The molecule has 0 unspecified atom stereocenters. The van der Waals surface area contributed by atoms with Crippen molar-refractivity contribution < 1.29 is 14.3 Å². The number of carbonyl (C=O) groups excluding carboxylic acids is 1. The third kappa shape index (κ3) is 6.34. The van der Waals surface area contributed by atoms with Gasteiger partial charge in [-0.05, 0) is 28.8 Å². The van der Waals surface area contributed by atoms with E-state index in [9.17, 15) is 4.79 Å². The summed E-state index contributed by atoms with van der Waals surface area (Å²) in [5.74, 6) is 0.676. The number of rotatable bonds is 8.